The van der Waals surface area contributed by atoms with E-state index in [1.807, 2.05) is 13.8 Å². The number of alkyl halides is 3. The van der Waals surface area contributed by atoms with Crippen LogP contribution in [0.15, 0.2) is 28.7 Å². The van der Waals surface area contributed by atoms with Crippen LogP contribution < -0.4 is 5.32 Å². The van der Waals surface area contributed by atoms with Crippen LogP contribution in [0.1, 0.15) is 31.9 Å². The van der Waals surface area contributed by atoms with E-state index in [0.29, 0.717) is 6.42 Å². The van der Waals surface area contributed by atoms with E-state index in [0.717, 1.165) is 4.47 Å². The summed E-state index contributed by atoms with van der Waals surface area (Å²) in [5.74, 6) is 0.207. The first-order valence-electron chi connectivity index (χ1n) is 6.43. The number of benzene rings is 1. The Labute approximate surface area is 125 Å². The van der Waals surface area contributed by atoms with Gasteiger partial charge in [-0.05, 0) is 30.0 Å². The van der Waals surface area contributed by atoms with Crippen LogP contribution in [0.2, 0.25) is 0 Å². The number of halogens is 4. The van der Waals surface area contributed by atoms with Crippen LogP contribution in [0.3, 0.4) is 0 Å². The van der Waals surface area contributed by atoms with Crippen molar-refractivity contribution in [3.05, 3.63) is 34.3 Å². The fourth-order valence-electron chi connectivity index (χ4n) is 2.03. The normalized spacial score (nSPS) is 15.4. The van der Waals surface area contributed by atoms with Gasteiger partial charge in [-0.1, -0.05) is 41.9 Å². The van der Waals surface area contributed by atoms with Gasteiger partial charge in [-0.15, -0.1) is 0 Å². The van der Waals surface area contributed by atoms with Gasteiger partial charge < -0.3 is 5.11 Å². The number of hydrogen-bond donors (Lipinski definition) is 2. The molecule has 0 spiro atoms. The molecule has 2 nitrogen and oxygen atoms in total. The predicted molar refractivity (Wildman–Crippen MR) is 76.4 cm³/mol. The van der Waals surface area contributed by atoms with Gasteiger partial charge in [0.1, 0.15) is 6.04 Å². The molecule has 6 heteroatoms. The molecule has 0 aliphatic heterocycles. The van der Waals surface area contributed by atoms with Crippen LogP contribution in [0.5, 0.6) is 0 Å². The van der Waals surface area contributed by atoms with Crippen LogP contribution in [0.25, 0.3) is 0 Å². The molecule has 0 saturated heterocycles. The highest BCUT2D eigenvalue weighted by Crippen LogP contribution is 2.34. The number of aliphatic hydroxyl groups excluding tert-OH is 1. The lowest BCUT2D eigenvalue weighted by atomic mass is 10.0. The molecule has 114 valence electrons. The molecule has 1 unspecified atom stereocenters. The third-order valence-corrected chi connectivity index (χ3v) is 3.44. The highest BCUT2D eigenvalue weighted by Gasteiger charge is 2.41. The first-order chi connectivity index (χ1) is 9.24. The molecule has 0 amide bonds. The van der Waals surface area contributed by atoms with Crippen molar-refractivity contribution in [2.24, 2.45) is 5.92 Å². The van der Waals surface area contributed by atoms with Crippen molar-refractivity contribution in [1.82, 2.24) is 5.32 Å². The Morgan fingerprint density at radius 3 is 2.15 bits per heavy atom. The summed E-state index contributed by atoms with van der Waals surface area (Å²) < 4.78 is 40.3. The van der Waals surface area contributed by atoms with Gasteiger partial charge in [0.2, 0.25) is 0 Å². The zero-order valence-electron chi connectivity index (χ0n) is 11.4. The molecule has 1 aromatic rings. The van der Waals surface area contributed by atoms with Gasteiger partial charge in [-0.25, -0.2) is 0 Å². The minimum absolute atomic E-state index is 0.142. The first kappa shape index (κ1) is 17.5. The number of nitrogens with one attached hydrogen (secondary N) is 1. The Morgan fingerprint density at radius 1 is 1.20 bits per heavy atom. The van der Waals surface area contributed by atoms with Crippen LogP contribution in [0.4, 0.5) is 13.2 Å². The smallest absolute Gasteiger partial charge is 0.395 e. The van der Waals surface area contributed by atoms with Crippen molar-refractivity contribution in [2.75, 3.05) is 6.61 Å². The molecule has 0 aliphatic rings. The highest BCUT2D eigenvalue weighted by atomic mass is 79.9. The Morgan fingerprint density at radius 2 is 1.75 bits per heavy atom. The molecular weight excluding hydrogens is 335 g/mol. The Balaban J connectivity index is 2.92. The summed E-state index contributed by atoms with van der Waals surface area (Å²) in [5, 5.41) is 11.8. The average Bonchev–Trinajstić information content (AvgIpc) is 2.34. The zero-order valence-corrected chi connectivity index (χ0v) is 13.0. The Hall–Kier alpha value is -0.590. The van der Waals surface area contributed by atoms with Crippen molar-refractivity contribution >= 4 is 15.9 Å². The summed E-state index contributed by atoms with van der Waals surface area (Å²) in [5.41, 5.74) is 0.142. The maximum atomic E-state index is 13.2. The number of hydrogen-bond acceptors (Lipinski definition) is 2. The monoisotopic (exact) mass is 353 g/mol. The summed E-state index contributed by atoms with van der Waals surface area (Å²) in [6.45, 7) is 3.50. The Bertz CT molecular complexity index is 406. The highest BCUT2D eigenvalue weighted by molar-refractivity contribution is 9.10. The molecule has 0 radical (unpaired) electrons. The van der Waals surface area contributed by atoms with Crippen molar-refractivity contribution in [3.8, 4) is 0 Å². The maximum Gasteiger partial charge on any atom is 0.407 e. The minimum atomic E-state index is -4.40. The summed E-state index contributed by atoms with van der Waals surface area (Å²) >= 11 is 3.20. The molecule has 20 heavy (non-hydrogen) atoms. The summed E-state index contributed by atoms with van der Waals surface area (Å²) in [4.78, 5) is 0. The molecule has 2 atom stereocenters. The Kier molecular flexibility index (Phi) is 6.48. The predicted octanol–water partition coefficient (Wildman–Crippen LogP) is 4.05. The van der Waals surface area contributed by atoms with Crippen molar-refractivity contribution in [1.29, 1.82) is 0 Å². The fraction of sp³-hybridized carbons (Fsp3) is 0.571. The fourth-order valence-corrected chi connectivity index (χ4v) is 2.30. The van der Waals surface area contributed by atoms with Crippen LogP contribution in [0, 0.1) is 5.92 Å². The van der Waals surface area contributed by atoms with E-state index < -0.39 is 18.3 Å². The summed E-state index contributed by atoms with van der Waals surface area (Å²) in [7, 11) is 0. The van der Waals surface area contributed by atoms with Gasteiger partial charge in [0.25, 0.3) is 0 Å². The van der Waals surface area contributed by atoms with Gasteiger partial charge in [-0.3, -0.25) is 5.32 Å². The molecule has 0 aliphatic carbocycles. The maximum absolute atomic E-state index is 13.2. The van der Waals surface area contributed by atoms with E-state index in [-0.39, 0.29) is 18.1 Å². The third kappa shape index (κ3) is 5.42. The lowest BCUT2D eigenvalue weighted by Crippen LogP contribution is -2.43. The van der Waals surface area contributed by atoms with Crippen molar-refractivity contribution in [3.63, 3.8) is 0 Å². The van der Waals surface area contributed by atoms with E-state index >= 15 is 0 Å². The van der Waals surface area contributed by atoms with Gasteiger partial charge >= 0.3 is 6.18 Å². The van der Waals surface area contributed by atoms with E-state index in [2.05, 4.69) is 21.2 Å². The second-order valence-electron chi connectivity index (χ2n) is 5.20. The second-order valence-corrected chi connectivity index (χ2v) is 6.12. The molecule has 0 bridgehead atoms. The van der Waals surface area contributed by atoms with E-state index in [9.17, 15) is 18.3 Å². The minimum Gasteiger partial charge on any atom is -0.395 e. The topological polar surface area (TPSA) is 32.3 Å². The van der Waals surface area contributed by atoms with Crippen molar-refractivity contribution in [2.45, 2.75) is 38.5 Å². The molecule has 2 N–H and O–H groups in total. The lowest BCUT2D eigenvalue weighted by molar-refractivity contribution is -0.160. The second kappa shape index (κ2) is 7.43. The molecule has 0 saturated carbocycles. The third-order valence-electron chi connectivity index (χ3n) is 2.91. The van der Waals surface area contributed by atoms with Gasteiger partial charge in [0.15, 0.2) is 0 Å². The van der Waals surface area contributed by atoms with Crippen LogP contribution >= 0.6 is 15.9 Å². The first-order valence-corrected chi connectivity index (χ1v) is 7.22. The number of rotatable bonds is 6. The van der Waals surface area contributed by atoms with Gasteiger partial charge in [0.05, 0.1) is 6.61 Å². The SMILES string of the molecule is CC(C)C[C@@H](CO)NC(c1ccc(Br)cc1)C(F)(F)F. The zero-order chi connectivity index (χ0) is 15.3. The quantitative estimate of drug-likeness (QED) is 0.808. The molecule has 0 fully saturated rings. The van der Waals surface area contributed by atoms with E-state index in [1.54, 1.807) is 12.1 Å². The molecule has 1 aromatic carbocycles. The van der Waals surface area contributed by atoms with Gasteiger partial charge in [0, 0.05) is 10.5 Å². The van der Waals surface area contributed by atoms with E-state index in [4.69, 9.17) is 0 Å². The summed E-state index contributed by atoms with van der Waals surface area (Å²) in [6.07, 6.45) is -3.92. The largest absolute Gasteiger partial charge is 0.407 e. The molecule has 0 heterocycles. The van der Waals surface area contributed by atoms with Crippen molar-refractivity contribution < 1.29 is 18.3 Å². The van der Waals surface area contributed by atoms with Crippen LogP contribution in [-0.2, 0) is 0 Å². The molecular formula is C14H19BrF3NO. The number of aliphatic hydroxyl groups is 1. The molecule has 0 aromatic heterocycles. The average molecular weight is 354 g/mol. The van der Waals surface area contributed by atoms with E-state index in [1.165, 1.54) is 12.1 Å². The summed E-state index contributed by atoms with van der Waals surface area (Å²) in [6, 6.07) is 3.66. The standard InChI is InChI=1S/C14H19BrF3NO/c1-9(2)7-12(8-20)19-13(14(16,17)18)10-3-5-11(15)6-4-10/h3-6,9,12-13,19-20H,7-8H2,1-2H3/t12-,13?/m0/s1. The van der Waals surface area contributed by atoms with Crippen LogP contribution in [-0.4, -0.2) is 23.9 Å². The van der Waals surface area contributed by atoms with Gasteiger partial charge in [-0.2, -0.15) is 13.2 Å². The molecule has 1 rings (SSSR count). The lowest BCUT2D eigenvalue weighted by Gasteiger charge is -2.28.